The molecule has 0 aromatic heterocycles. The van der Waals surface area contributed by atoms with E-state index in [-0.39, 0.29) is 0 Å². The Morgan fingerprint density at radius 3 is 1.83 bits per heavy atom. The summed E-state index contributed by atoms with van der Waals surface area (Å²) in [6.07, 6.45) is -3.74. The molecular formula is C14H20BrNO8. The van der Waals surface area contributed by atoms with Crippen LogP contribution in [0.15, 0.2) is 0 Å². The molecule has 0 bridgehead atoms. The number of hydrogen-bond donors (Lipinski definition) is 4. The summed E-state index contributed by atoms with van der Waals surface area (Å²) in [6.45, 7) is 3.97. The van der Waals surface area contributed by atoms with Crippen molar-refractivity contribution in [2.45, 2.75) is 62.2 Å². The molecule has 1 amide bonds. The molecule has 0 aromatic rings. The van der Waals surface area contributed by atoms with E-state index in [4.69, 9.17) is 4.74 Å². The van der Waals surface area contributed by atoms with Crippen LogP contribution in [0.5, 0.6) is 0 Å². The summed E-state index contributed by atoms with van der Waals surface area (Å²) in [4.78, 5) is 47.1. The molecule has 1 unspecified atom stereocenters. The predicted molar refractivity (Wildman–Crippen MR) is 83.1 cm³/mol. The predicted octanol–water partition coefficient (Wildman–Crippen LogP) is -1.80. The molecule has 24 heavy (non-hydrogen) atoms. The third-order valence-corrected chi connectivity index (χ3v) is 5.02. The summed E-state index contributed by atoms with van der Waals surface area (Å²) in [5, 5.41) is 32.3. The molecule has 136 valence electrons. The molecule has 6 atom stereocenters. The lowest BCUT2D eigenvalue weighted by Crippen LogP contribution is -2.81. The Kier molecular flexibility index (Phi) is 6.05. The van der Waals surface area contributed by atoms with E-state index >= 15 is 0 Å². The summed E-state index contributed by atoms with van der Waals surface area (Å²) < 4.78 is 5.23. The Balaban J connectivity index is 3.63. The van der Waals surface area contributed by atoms with Gasteiger partial charge in [0.2, 0.25) is 5.91 Å². The van der Waals surface area contributed by atoms with E-state index < -0.39 is 57.7 Å². The number of ether oxygens (including phenoxy) is 1. The van der Waals surface area contributed by atoms with Crippen LogP contribution in [0.4, 0.5) is 0 Å². The number of hydrogen-bond acceptors (Lipinski definition) is 8. The van der Waals surface area contributed by atoms with Crippen molar-refractivity contribution in [3.8, 4) is 0 Å². The second-order valence-electron chi connectivity index (χ2n) is 5.82. The minimum Gasteiger partial charge on any atom is -0.382 e. The van der Waals surface area contributed by atoms with Crippen molar-refractivity contribution >= 4 is 39.2 Å². The summed E-state index contributed by atoms with van der Waals surface area (Å²) in [5.74, 6) is -3.48. The molecule has 10 heteroatoms. The lowest BCUT2D eigenvalue weighted by atomic mass is 9.70. The van der Waals surface area contributed by atoms with Gasteiger partial charge in [-0.3, -0.25) is 19.2 Å². The Bertz CT molecular complexity index is 581. The Morgan fingerprint density at radius 1 is 1.04 bits per heavy atom. The fourth-order valence-electron chi connectivity index (χ4n) is 2.69. The van der Waals surface area contributed by atoms with E-state index in [0.717, 1.165) is 27.7 Å². The Morgan fingerprint density at radius 2 is 1.50 bits per heavy atom. The second kappa shape index (κ2) is 6.96. The summed E-state index contributed by atoms with van der Waals surface area (Å²) >= 11 is 2.91. The molecule has 9 nitrogen and oxygen atoms in total. The molecule has 1 aliphatic heterocycles. The van der Waals surface area contributed by atoms with Crippen LogP contribution < -0.4 is 5.32 Å². The summed E-state index contributed by atoms with van der Waals surface area (Å²) in [7, 11) is 0. The molecule has 1 fully saturated rings. The van der Waals surface area contributed by atoms with Crippen molar-refractivity contribution in [2.24, 2.45) is 0 Å². The van der Waals surface area contributed by atoms with Crippen molar-refractivity contribution in [1.29, 1.82) is 0 Å². The van der Waals surface area contributed by atoms with E-state index in [1.807, 2.05) is 0 Å². The molecule has 0 aromatic carbocycles. The van der Waals surface area contributed by atoms with Gasteiger partial charge in [0.25, 0.3) is 0 Å². The molecule has 0 spiro atoms. The van der Waals surface area contributed by atoms with Crippen LogP contribution in [-0.4, -0.2) is 73.0 Å². The smallest absolute Gasteiger partial charge is 0.217 e. The van der Waals surface area contributed by atoms with Gasteiger partial charge in [-0.05, 0) is 20.8 Å². The van der Waals surface area contributed by atoms with Crippen LogP contribution in [0.2, 0.25) is 0 Å². The van der Waals surface area contributed by atoms with Gasteiger partial charge in [-0.2, -0.15) is 0 Å². The number of nitrogens with one attached hydrogen (secondary N) is 1. The molecular weight excluding hydrogens is 390 g/mol. The van der Waals surface area contributed by atoms with Gasteiger partial charge in [-0.25, -0.2) is 0 Å². The number of ketones is 3. The quantitative estimate of drug-likeness (QED) is 0.388. The molecule has 1 rings (SSSR count). The minimum atomic E-state index is -2.72. The van der Waals surface area contributed by atoms with Crippen molar-refractivity contribution in [2.75, 3.05) is 0 Å². The number of Topliss-reactive ketones (excluding diaryl/α,β-unsaturated/α-hetero) is 3. The SMILES string of the molecule is CC(=O)N[C@H]1[C@](O)(C(C)=O)[C@@H](Br)O[C@H](C(O)C(C)=O)[C@]1(O)C(C)=O. The molecule has 0 aliphatic carbocycles. The maximum absolute atomic E-state index is 12.1. The molecule has 1 heterocycles. The van der Waals surface area contributed by atoms with Crippen molar-refractivity contribution in [3.05, 3.63) is 0 Å². The van der Waals surface area contributed by atoms with E-state index in [1.165, 1.54) is 0 Å². The Hall–Kier alpha value is -1.20. The van der Waals surface area contributed by atoms with Gasteiger partial charge < -0.3 is 25.4 Å². The number of rotatable bonds is 5. The number of amides is 1. The van der Waals surface area contributed by atoms with Gasteiger partial charge in [0.15, 0.2) is 33.6 Å². The topological polar surface area (TPSA) is 150 Å². The zero-order valence-corrected chi connectivity index (χ0v) is 15.2. The largest absolute Gasteiger partial charge is 0.382 e. The number of aliphatic hydroxyl groups is 3. The first kappa shape index (κ1) is 20.8. The molecule has 0 saturated carbocycles. The van der Waals surface area contributed by atoms with Gasteiger partial charge in [-0.15, -0.1) is 0 Å². The highest BCUT2D eigenvalue weighted by Crippen LogP contribution is 2.41. The van der Waals surface area contributed by atoms with Crippen LogP contribution in [0.25, 0.3) is 0 Å². The van der Waals surface area contributed by atoms with Crippen molar-refractivity contribution in [1.82, 2.24) is 5.32 Å². The maximum atomic E-state index is 12.1. The van der Waals surface area contributed by atoms with E-state index in [0.29, 0.717) is 0 Å². The second-order valence-corrected chi connectivity index (χ2v) is 6.66. The molecule has 0 radical (unpaired) electrons. The van der Waals surface area contributed by atoms with Gasteiger partial charge >= 0.3 is 0 Å². The maximum Gasteiger partial charge on any atom is 0.217 e. The molecule has 4 N–H and O–H groups in total. The van der Waals surface area contributed by atoms with Gasteiger partial charge in [-0.1, -0.05) is 15.9 Å². The average molecular weight is 410 g/mol. The van der Waals surface area contributed by atoms with E-state index in [9.17, 15) is 34.5 Å². The van der Waals surface area contributed by atoms with Crippen molar-refractivity contribution < 1.29 is 39.2 Å². The highest BCUT2D eigenvalue weighted by atomic mass is 79.9. The van der Waals surface area contributed by atoms with Crippen LogP contribution in [-0.2, 0) is 23.9 Å². The van der Waals surface area contributed by atoms with E-state index in [2.05, 4.69) is 21.2 Å². The molecule has 1 saturated heterocycles. The summed E-state index contributed by atoms with van der Waals surface area (Å²) in [6, 6.07) is -1.85. The number of halogens is 1. The third-order valence-electron chi connectivity index (χ3n) is 4.10. The number of carbonyl (C=O) groups excluding carboxylic acids is 4. The van der Waals surface area contributed by atoms with Crippen LogP contribution in [0.1, 0.15) is 27.7 Å². The zero-order chi connectivity index (χ0) is 19.0. The first-order valence-electron chi connectivity index (χ1n) is 7.03. The third kappa shape index (κ3) is 3.16. The zero-order valence-electron chi connectivity index (χ0n) is 13.6. The van der Waals surface area contributed by atoms with E-state index in [1.54, 1.807) is 0 Å². The number of aliphatic hydroxyl groups excluding tert-OH is 1. The number of carbonyl (C=O) groups is 4. The minimum absolute atomic E-state index is 0.753. The average Bonchev–Trinajstić information content (AvgIpc) is 2.45. The van der Waals surface area contributed by atoms with Gasteiger partial charge in [0.05, 0.1) is 0 Å². The standard InChI is InChI=1S/C14H20BrNO8/c1-5(17)9(21)10-13(22,6(2)18)11(16-8(4)20)14(23,7(3)19)12(15)24-10/h9-12,21-23H,1-4H3,(H,16,20)/t9?,10-,11-,12+,13-,14-/m1/s1. The number of alkyl halides is 1. The van der Waals surface area contributed by atoms with Crippen molar-refractivity contribution in [3.63, 3.8) is 0 Å². The fourth-order valence-corrected chi connectivity index (χ4v) is 3.50. The van der Waals surface area contributed by atoms with Crippen LogP contribution >= 0.6 is 15.9 Å². The molecule has 1 aliphatic rings. The Labute approximate surface area is 146 Å². The fraction of sp³-hybridized carbons (Fsp3) is 0.714. The lowest BCUT2D eigenvalue weighted by molar-refractivity contribution is -0.249. The van der Waals surface area contributed by atoms with Crippen LogP contribution in [0, 0.1) is 0 Å². The van der Waals surface area contributed by atoms with Crippen LogP contribution in [0.3, 0.4) is 0 Å². The highest BCUT2D eigenvalue weighted by Gasteiger charge is 2.68. The lowest BCUT2D eigenvalue weighted by Gasteiger charge is -2.53. The van der Waals surface area contributed by atoms with Gasteiger partial charge in [0.1, 0.15) is 18.2 Å². The normalized spacial score (nSPS) is 37.4. The summed E-state index contributed by atoms with van der Waals surface area (Å²) in [5.41, 5.74) is -5.24. The van der Waals surface area contributed by atoms with Gasteiger partial charge in [0, 0.05) is 6.92 Å². The highest BCUT2D eigenvalue weighted by molar-refractivity contribution is 9.09. The first-order chi connectivity index (χ1) is 10.8. The first-order valence-corrected chi connectivity index (χ1v) is 7.94. The monoisotopic (exact) mass is 409 g/mol.